The molecule has 6 heteroatoms. The molecular weight excluding hydrogens is 292 g/mol. The average molecular weight is 309 g/mol. The normalized spacial score (nSPS) is 10.7. The van der Waals surface area contributed by atoms with Crippen LogP contribution in [0.3, 0.4) is 0 Å². The number of halogens is 1. The van der Waals surface area contributed by atoms with Crippen LogP contribution in [-0.2, 0) is 13.7 Å². The Morgan fingerprint density at radius 3 is 2.33 bits per heavy atom. The highest BCUT2D eigenvalue weighted by atomic mass is 35.5. The summed E-state index contributed by atoms with van der Waals surface area (Å²) in [5, 5.41) is 13.9. The van der Waals surface area contributed by atoms with Gasteiger partial charge in [0, 0.05) is 7.05 Å². The van der Waals surface area contributed by atoms with Crippen molar-refractivity contribution in [2.45, 2.75) is 27.4 Å². The van der Waals surface area contributed by atoms with Gasteiger partial charge in [0.1, 0.15) is 12.4 Å². The van der Waals surface area contributed by atoms with Crippen molar-refractivity contribution in [3.63, 3.8) is 0 Å². The van der Waals surface area contributed by atoms with Crippen LogP contribution >= 0.6 is 11.6 Å². The quantitative estimate of drug-likeness (QED) is 0.941. The third-order valence-electron chi connectivity index (χ3n) is 3.32. The Kier molecular flexibility index (Phi) is 4.23. The van der Waals surface area contributed by atoms with Crippen LogP contribution in [0.5, 0.6) is 5.75 Å². The second-order valence-electron chi connectivity index (χ2n) is 5.00. The average Bonchev–Trinajstić information content (AvgIpc) is 2.63. The summed E-state index contributed by atoms with van der Waals surface area (Å²) in [4.78, 5) is 11.0. The highest BCUT2D eigenvalue weighted by Crippen LogP contribution is 2.27. The van der Waals surface area contributed by atoms with Gasteiger partial charge >= 0.3 is 5.97 Å². The molecule has 1 aromatic carbocycles. The fourth-order valence-corrected chi connectivity index (χ4v) is 2.49. The molecule has 0 unspecified atom stereocenters. The molecule has 5 nitrogen and oxygen atoms in total. The van der Waals surface area contributed by atoms with E-state index in [4.69, 9.17) is 21.4 Å². The largest absolute Gasteiger partial charge is 0.487 e. The second-order valence-corrected chi connectivity index (χ2v) is 5.38. The molecule has 0 spiro atoms. The fourth-order valence-electron chi connectivity index (χ4n) is 2.28. The Hall–Kier alpha value is -2.01. The van der Waals surface area contributed by atoms with Crippen LogP contribution in [-0.4, -0.2) is 20.9 Å². The zero-order valence-corrected chi connectivity index (χ0v) is 13.2. The van der Waals surface area contributed by atoms with Crippen LogP contribution in [0.2, 0.25) is 5.02 Å². The molecule has 0 saturated carbocycles. The number of nitrogens with zero attached hydrogens (tertiary/aromatic N) is 2. The Morgan fingerprint density at radius 2 is 1.90 bits per heavy atom. The lowest BCUT2D eigenvalue weighted by atomic mass is 10.1. The van der Waals surface area contributed by atoms with Crippen LogP contribution in [0.1, 0.15) is 32.9 Å². The summed E-state index contributed by atoms with van der Waals surface area (Å²) in [5.41, 5.74) is 3.36. The number of carboxylic acids is 1. The van der Waals surface area contributed by atoms with Crippen LogP contribution in [0, 0.1) is 20.8 Å². The zero-order chi connectivity index (χ0) is 15.7. The van der Waals surface area contributed by atoms with Crippen LogP contribution < -0.4 is 4.74 Å². The SMILES string of the molecule is Cc1cc(C(=O)O)cc(C)c1OCc1c(Cl)c(C)nn1C. The lowest BCUT2D eigenvalue weighted by Gasteiger charge is -2.13. The van der Waals surface area contributed by atoms with Crippen molar-refractivity contribution in [2.24, 2.45) is 7.05 Å². The molecule has 1 aromatic heterocycles. The lowest BCUT2D eigenvalue weighted by molar-refractivity contribution is 0.0696. The second kappa shape index (κ2) is 5.77. The number of aromatic carboxylic acids is 1. The van der Waals surface area contributed by atoms with Gasteiger partial charge in [0.15, 0.2) is 0 Å². The van der Waals surface area contributed by atoms with Gasteiger partial charge < -0.3 is 9.84 Å². The number of aromatic nitrogens is 2. The van der Waals surface area contributed by atoms with Crippen LogP contribution in [0.25, 0.3) is 0 Å². The van der Waals surface area contributed by atoms with Gasteiger partial charge in [-0.25, -0.2) is 4.79 Å². The number of rotatable bonds is 4. The molecule has 2 rings (SSSR count). The van der Waals surface area contributed by atoms with E-state index in [0.717, 1.165) is 22.5 Å². The fraction of sp³-hybridized carbons (Fsp3) is 0.333. The molecular formula is C15H17ClN2O3. The van der Waals surface area contributed by atoms with E-state index in [-0.39, 0.29) is 12.2 Å². The van der Waals surface area contributed by atoms with Crippen molar-refractivity contribution >= 4 is 17.6 Å². The van der Waals surface area contributed by atoms with Gasteiger partial charge in [-0.3, -0.25) is 4.68 Å². The number of benzene rings is 1. The van der Waals surface area contributed by atoms with E-state index < -0.39 is 5.97 Å². The molecule has 0 fully saturated rings. The summed E-state index contributed by atoms with van der Waals surface area (Å²) >= 11 is 6.19. The molecule has 21 heavy (non-hydrogen) atoms. The van der Waals surface area contributed by atoms with Gasteiger partial charge in [-0.2, -0.15) is 5.10 Å². The van der Waals surface area contributed by atoms with Gasteiger partial charge in [0.25, 0.3) is 0 Å². The monoisotopic (exact) mass is 308 g/mol. The Morgan fingerprint density at radius 1 is 1.33 bits per heavy atom. The topological polar surface area (TPSA) is 64.3 Å². The van der Waals surface area contributed by atoms with Gasteiger partial charge in [0.05, 0.1) is 22.0 Å². The molecule has 2 aromatic rings. The molecule has 0 aliphatic rings. The van der Waals surface area contributed by atoms with E-state index in [1.807, 2.05) is 27.8 Å². The number of ether oxygens (including phenoxy) is 1. The third kappa shape index (κ3) is 3.03. The zero-order valence-electron chi connectivity index (χ0n) is 12.4. The lowest BCUT2D eigenvalue weighted by Crippen LogP contribution is -2.06. The first-order chi connectivity index (χ1) is 9.81. The standard InChI is InChI=1S/C15H17ClN2O3/c1-8-5-11(15(19)20)6-9(2)14(8)21-7-12-13(16)10(3)17-18(12)4/h5-6H,7H2,1-4H3,(H,19,20). The number of hydrogen-bond acceptors (Lipinski definition) is 3. The first-order valence-corrected chi connectivity index (χ1v) is 6.84. The van der Waals surface area contributed by atoms with Crippen molar-refractivity contribution in [3.05, 3.63) is 45.2 Å². The molecule has 1 N–H and O–H groups in total. The van der Waals surface area contributed by atoms with Gasteiger partial charge in [-0.15, -0.1) is 0 Å². The van der Waals surface area contributed by atoms with Crippen molar-refractivity contribution in [1.29, 1.82) is 0 Å². The van der Waals surface area contributed by atoms with Gasteiger partial charge in [-0.1, -0.05) is 11.6 Å². The van der Waals surface area contributed by atoms with Crippen molar-refractivity contribution < 1.29 is 14.6 Å². The molecule has 0 aliphatic heterocycles. The maximum Gasteiger partial charge on any atom is 0.335 e. The van der Waals surface area contributed by atoms with E-state index >= 15 is 0 Å². The Labute approximate surface area is 128 Å². The van der Waals surface area contributed by atoms with E-state index in [1.165, 1.54) is 0 Å². The number of carbonyl (C=O) groups is 1. The predicted molar refractivity (Wildman–Crippen MR) is 80.2 cm³/mol. The maximum atomic E-state index is 11.0. The summed E-state index contributed by atoms with van der Waals surface area (Å²) < 4.78 is 7.51. The highest BCUT2D eigenvalue weighted by molar-refractivity contribution is 6.31. The minimum atomic E-state index is -0.946. The van der Waals surface area contributed by atoms with Crippen molar-refractivity contribution in [3.8, 4) is 5.75 Å². The smallest absolute Gasteiger partial charge is 0.335 e. The molecule has 0 bridgehead atoms. The molecule has 0 aliphatic carbocycles. The molecule has 1 heterocycles. The van der Waals surface area contributed by atoms with E-state index in [0.29, 0.717) is 10.8 Å². The number of aryl methyl sites for hydroxylation is 4. The number of carboxylic acid groups (broad SMARTS) is 1. The minimum absolute atomic E-state index is 0.256. The van der Waals surface area contributed by atoms with E-state index in [9.17, 15) is 4.79 Å². The minimum Gasteiger partial charge on any atom is -0.487 e. The van der Waals surface area contributed by atoms with Crippen molar-refractivity contribution in [2.75, 3.05) is 0 Å². The first-order valence-electron chi connectivity index (χ1n) is 6.46. The van der Waals surface area contributed by atoms with E-state index in [2.05, 4.69) is 5.10 Å². The molecule has 0 saturated heterocycles. The summed E-state index contributed by atoms with van der Waals surface area (Å²) in [7, 11) is 1.81. The highest BCUT2D eigenvalue weighted by Gasteiger charge is 2.14. The number of hydrogen-bond donors (Lipinski definition) is 1. The molecule has 0 amide bonds. The Balaban J connectivity index is 2.26. The summed E-state index contributed by atoms with van der Waals surface area (Å²) in [5.74, 6) is -0.270. The first kappa shape index (κ1) is 15.4. The van der Waals surface area contributed by atoms with Crippen LogP contribution in [0.4, 0.5) is 0 Å². The summed E-state index contributed by atoms with van der Waals surface area (Å²) in [6.07, 6.45) is 0. The van der Waals surface area contributed by atoms with Crippen LogP contribution in [0.15, 0.2) is 12.1 Å². The predicted octanol–water partition coefficient (Wildman–Crippen LogP) is 3.28. The molecule has 0 atom stereocenters. The summed E-state index contributed by atoms with van der Waals surface area (Å²) in [6, 6.07) is 3.20. The van der Waals surface area contributed by atoms with Gasteiger partial charge in [-0.05, 0) is 44.0 Å². The van der Waals surface area contributed by atoms with E-state index in [1.54, 1.807) is 16.8 Å². The maximum absolute atomic E-state index is 11.0. The Bertz CT molecular complexity index is 684. The van der Waals surface area contributed by atoms with Crippen molar-refractivity contribution in [1.82, 2.24) is 9.78 Å². The molecule has 0 radical (unpaired) electrons. The summed E-state index contributed by atoms with van der Waals surface area (Å²) in [6.45, 7) is 5.77. The third-order valence-corrected chi connectivity index (χ3v) is 3.81. The molecule has 112 valence electrons. The van der Waals surface area contributed by atoms with Gasteiger partial charge in [0.2, 0.25) is 0 Å².